The van der Waals surface area contributed by atoms with Gasteiger partial charge in [0.2, 0.25) is 0 Å². The van der Waals surface area contributed by atoms with Gasteiger partial charge in [0.25, 0.3) is 0 Å². The van der Waals surface area contributed by atoms with Crippen LogP contribution in [-0.4, -0.2) is 26.2 Å². The molecule has 3 fully saturated rings. The van der Waals surface area contributed by atoms with Gasteiger partial charge in [-0.1, -0.05) is 12.1 Å². The minimum absolute atomic E-state index is 0.871. The molecule has 4 rings (SSSR count). The molecule has 2 nitrogen and oxygen atoms in total. The van der Waals surface area contributed by atoms with Gasteiger partial charge in [-0.15, -0.1) is 0 Å². The molecule has 0 spiro atoms. The van der Waals surface area contributed by atoms with Gasteiger partial charge in [0.05, 0.1) is 26.2 Å². The van der Waals surface area contributed by atoms with E-state index in [2.05, 4.69) is 24.3 Å². The van der Waals surface area contributed by atoms with Crippen LogP contribution in [0.25, 0.3) is 0 Å². The van der Waals surface area contributed by atoms with Gasteiger partial charge >= 0.3 is 0 Å². The monoisotopic (exact) mass is 232 g/mol. The number of hydrogen-bond acceptors (Lipinski definition) is 1. The Morgan fingerprint density at radius 1 is 1.18 bits per heavy atom. The van der Waals surface area contributed by atoms with Crippen LogP contribution in [0.15, 0.2) is 24.3 Å². The summed E-state index contributed by atoms with van der Waals surface area (Å²) in [5, 5.41) is 0. The molecule has 92 valence electrons. The summed E-state index contributed by atoms with van der Waals surface area (Å²) in [6.45, 7) is 2.82. The molecule has 1 atom stereocenters. The first-order valence-electron chi connectivity index (χ1n) is 6.82. The van der Waals surface area contributed by atoms with Crippen molar-refractivity contribution in [2.75, 3.05) is 20.2 Å². The largest absolute Gasteiger partial charge is 0.497 e. The smallest absolute Gasteiger partial charge is 0.118 e. The number of rotatable bonds is 3. The van der Waals surface area contributed by atoms with E-state index in [0.717, 1.165) is 17.7 Å². The molecule has 17 heavy (non-hydrogen) atoms. The molecular formula is C15H22NO+. The summed E-state index contributed by atoms with van der Waals surface area (Å²) in [6.07, 6.45) is 5.63. The number of quaternary nitrogens is 1. The minimum atomic E-state index is 0.871. The van der Waals surface area contributed by atoms with Crippen LogP contribution in [0.5, 0.6) is 5.75 Å². The Hall–Kier alpha value is -1.02. The third-order valence-electron chi connectivity index (χ3n) is 4.58. The van der Waals surface area contributed by atoms with E-state index in [1.54, 1.807) is 7.11 Å². The zero-order valence-corrected chi connectivity index (χ0v) is 10.6. The standard InChI is InChI=1S/C15H21NO/c1-17-15-4-2-12(3-5-15)10-14-11-13-6-8-16(14)9-7-13/h2-5,13-14H,6-11H2,1H3/p+1. The Bertz CT molecular complexity index is 365. The topological polar surface area (TPSA) is 13.7 Å². The molecule has 0 saturated carbocycles. The molecular weight excluding hydrogens is 210 g/mol. The van der Waals surface area contributed by atoms with Crippen molar-refractivity contribution in [2.45, 2.75) is 31.7 Å². The Morgan fingerprint density at radius 3 is 2.41 bits per heavy atom. The van der Waals surface area contributed by atoms with E-state index >= 15 is 0 Å². The summed E-state index contributed by atoms with van der Waals surface area (Å²) in [4.78, 5) is 1.85. The van der Waals surface area contributed by atoms with Crippen molar-refractivity contribution >= 4 is 0 Å². The lowest BCUT2D eigenvalue weighted by Crippen LogP contribution is -3.18. The average molecular weight is 232 g/mol. The molecule has 2 bridgehead atoms. The summed E-state index contributed by atoms with van der Waals surface area (Å²) in [6, 6.07) is 9.49. The van der Waals surface area contributed by atoms with Gasteiger partial charge < -0.3 is 9.64 Å². The van der Waals surface area contributed by atoms with E-state index in [-0.39, 0.29) is 0 Å². The molecule has 3 heterocycles. The molecule has 1 aromatic carbocycles. The van der Waals surface area contributed by atoms with E-state index in [1.165, 1.54) is 44.3 Å². The maximum Gasteiger partial charge on any atom is 0.118 e. The predicted octanol–water partition coefficient (Wildman–Crippen LogP) is 1.30. The van der Waals surface area contributed by atoms with Crippen molar-refractivity contribution in [1.29, 1.82) is 0 Å². The average Bonchev–Trinajstić information content (AvgIpc) is 2.41. The summed E-state index contributed by atoms with van der Waals surface area (Å²) < 4.78 is 5.20. The Balaban J connectivity index is 1.66. The first-order chi connectivity index (χ1) is 8.35. The van der Waals surface area contributed by atoms with Crippen molar-refractivity contribution in [3.05, 3.63) is 29.8 Å². The fourth-order valence-corrected chi connectivity index (χ4v) is 3.54. The molecule has 3 saturated heterocycles. The van der Waals surface area contributed by atoms with E-state index in [0.29, 0.717) is 0 Å². The molecule has 2 heteroatoms. The molecule has 0 aromatic heterocycles. The van der Waals surface area contributed by atoms with Crippen LogP contribution in [-0.2, 0) is 6.42 Å². The molecule has 3 aliphatic heterocycles. The van der Waals surface area contributed by atoms with Crippen LogP contribution in [0.1, 0.15) is 24.8 Å². The fourth-order valence-electron chi connectivity index (χ4n) is 3.54. The van der Waals surface area contributed by atoms with Crippen LogP contribution in [0.4, 0.5) is 0 Å². The van der Waals surface area contributed by atoms with Crippen molar-refractivity contribution in [3.8, 4) is 5.75 Å². The quantitative estimate of drug-likeness (QED) is 0.829. The van der Waals surface area contributed by atoms with Gasteiger partial charge in [-0.2, -0.15) is 0 Å². The maximum atomic E-state index is 5.20. The van der Waals surface area contributed by atoms with E-state index in [9.17, 15) is 0 Å². The summed E-state index contributed by atoms with van der Waals surface area (Å²) in [5.74, 6) is 1.99. The number of hydrogen-bond donors (Lipinski definition) is 1. The van der Waals surface area contributed by atoms with E-state index < -0.39 is 0 Å². The normalized spacial score (nSPS) is 31.5. The maximum absolute atomic E-state index is 5.20. The molecule has 1 N–H and O–H groups in total. The number of methoxy groups -OCH3 is 1. The van der Waals surface area contributed by atoms with Gasteiger partial charge in [-0.25, -0.2) is 0 Å². The van der Waals surface area contributed by atoms with Crippen LogP contribution >= 0.6 is 0 Å². The van der Waals surface area contributed by atoms with Gasteiger partial charge in [0.1, 0.15) is 5.75 Å². The molecule has 0 aliphatic carbocycles. The second kappa shape index (κ2) is 4.69. The minimum Gasteiger partial charge on any atom is -0.497 e. The Labute approximate surface area is 104 Å². The van der Waals surface area contributed by atoms with E-state index in [1.807, 2.05) is 4.90 Å². The van der Waals surface area contributed by atoms with Crippen LogP contribution in [0.3, 0.4) is 0 Å². The van der Waals surface area contributed by atoms with Crippen LogP contribution in [0, 0.1) is 5.92 Å². The second-order valence-electron chi connectivity index (χ2n) is 5.59. The summed E-state index contributed by atoms with van der Waals surface area (Å²) >= 11 is 0. The number of nitrogens with one attached hydrogen (secondary N) is 1. The second-order valence-corrected chi connectivity index (χ2v) is 5.59. The number of piperidine rings is 3. The Kier molecular flexibility index (Phi) is 3.06. The number of fused-ring (bicyclic) bond motifs is 3. The van der Waals surface area contributed by atoms with Crippen molar-refractivity contribution in [3.63, 3.8) is 0 Å². The predicted molar refractivity (Wildman–Crippen MR) is 68.5 cm³/mol. The molecule has 3 aliphatic rings. The third kappa shape index (κ3) is 2.32. The lowest BCUT2D eigenvalue weighted by Gasteiger charge is -2.42. The van der Waals surface area contributed by atoms with Crippen LogP contribution < -0.4 is 9.64 Å². The van der Waals surface area contributed by atoms with E-state index in [4.69, 9.17) is 4.74 Å². The highest BCUT2D eigenvalue weighted by Gasteiger charge is 2.36. The van der Waals surface area contributed by atoms with Gasteiger partial charge in [-0.3, -0.25) is 0 Å². The first kappa shape index (κ1) is 11.1. The molecule has 0 radical (unpaired) electrons. The molecule has 1 unspecified atom stereocenters. The zero-order chi connectivity index (χ0) is 11.7. The van der Waals surface area contributed by atoms with Crippen LogP contribution in [0.2, 0.25) is 0 Å². The summed E-state index contributed by atoms with van der Waals surface area (Å²) in [7, 11) is 1.73. The first-order valence-corrected chi connectivity index (χ1v) is 6.82. The lowest BCUT2D eigenvalue weighted by atomic mass is 9.81. The highest BCUT2D eigenvalue weighted by molar-refractivity contribution is 5.27. The number of ether oxygens (including phenoxy) is 1. The zero-order valence-electron chi connectivity index (χ0n) is 10.6. The Morgan fingerprint density at radius 2 is 1.88 bits per heavy atom. The van der Waals surface area contributed by atoms with Gasteiger partial charge in [-0.05, 0) is 36.5 Å². The number of benzene rings is 1. The summed E-state index contributed by atoms with van der Waals surface area (Å²) in [5.41, 5.74) is 1.47. The lowest BCUT2D eigenvalue weighted by molar-refractivity contribution is -0.941. The highest BCUT2D eigenvalue weighted by Crippen LogP contribution is 2.23. The van der Waals surface area contributed by atoms with Gasteiger partial charge in [0, 0.05) is 12.8 Å². The van der Waals surface area contributed by atoms with Gasteiger partial charge in [0.15, 0.2) is 0 Å². The third-order valence-corrected chi connectivity index (χ3v) is 4.58. The SMILES string of the molecule is COc1ccc(CC2CC3CC[NH+]2CC3)cc1. The fraction of sp³-hybridized carbons (Fsp3) is 0.600. The van der Waals surface area contributed by atoms with Crippen molar-refractivity contribution in [1.82, 2.24) is 0 Å². The van der Waals surface area contributed by atoms with Crippen molar-refractivity contribution in [2.24, 2.45) is 5.92 Å². The van der Waals surface area contributed by atoms with Crippen molar-refractivity contribution < 1.29 is 9.64 Å². The highest BCUT2D eigenvalue weighted by atomic mass is 16.5. The molecule has 0 amide bonds. The molecule has 1 aromatic rings.